The third-order valence-corrected chi connectivity index (χ3v) is 6.68. The lowest BCUT2D eigenvalue weighted by Gasteiger charge is -2.26. The molecule has 0 saturated carbocycles. The maximum Gasteiger partial charge on any atom is 0.416 e. The number of morpholine rings is 1. The molecule has 1 saturated heterocycles. The fourth-order valence-corrected chi connectivity index (χ4v) is 4.66. The number of hydrogen-bond acceptors (Lipinski definition) is 5. The molecule has 0 radical (unpaired) electrons. The van der Waals surface area contributed by atoms with Gasteiger partial charge in [0, 0.05) is 13.1 Å². The molecule has 0 N–H and O–H groups in total. The van der Waals surface area contributed by atoms with Gasteiger partial charge in [-0.3, -0.25) is 0 Å². The second-order valence-corrected chi connectivity index (χ2v) is 8.68. The van der Waals surface area contributed by atoms with Crippen molar-refractivity contribution >= 4 is 16.0 Å². The Hall–Kier alpha value is -2.43. The molecule has 2 aromatic carbocycles. The van der Waals surface area contributed by atoms with Crippen LogP contribution in [0.15, 0.2) is 47.4 Å². The normalized spacial score (nSPS) is 15.7. The summed E-state index contributed by atoms with van der Waals surface area (Å²) in [5.41, 5.74) is -0.202. The monoisotopic (exact) mass is 443 g/mol. The van der Waals surface area contributed by atoms with E-state index in [-0.39, 0.29) is 48.9 Å². The van der Waals surface area contributed by atoms with Gasteiger partial charge < -0.3 is 9.47 Å². The van der Waals surface area contributed by atoms with Gasteiger partial charge in [0.15, 0.2) is 0 Å². The Bertz CT molecular complexity index is 1030. The van der Waals surface area contributed by atoms with Crippen molar-refractivity contribution in [2.24, 2.45) is 0 Å². The van der Waals surface area contributed by atoms with Gasteiger partial charge in [0.1, 0.15) is 6.61 Å². The number of nitrogens with zero attached hydrogens (tertiary/aromatic N) is 1. The van der Waals surface area contributed by atoms with Gasteiger partial charge >= 0.3 is 12.1 Å². The molecule has 6 nitrogen and oxygen atoms in total. The van der Waals surface area contributed by atoms with E-state index in [1.165, 1.54) is 34.6 Å². The lowest BCUT2D eigenvalue weighted by molar-refractivity contribution is -0.137. The summed E-state index contributed by atoms with van der Waals surface area (Å²) in [6, 6.07) is 8.60. The quantitative estimate of drug-likeness (QED) is 0.663. The van der Waals surface area contributed by atoms with Gasteiger partial charge in [-0.05, 0) is 42.3 Å². The minimum absolute atomic E-state index is 0.000546. The molecule has 0 unspecified atom stereocenters. The first kappa shape index (κ1) is 22.3. The first-order chi connectivity index (χ1) is 14.1. The van der Waals surface area contributed by atoms with E-state index in [0.717, 1.165) is 12.1 Å². The first-order valence-electron chi connectivity index (χ1n) is 9.11. The molecular formula is C20H20F3NO5S. The van der Waals surface area contributed by atoms with Gasteiger partial charge in [-0.15, -0.1) is 0 Å². The number of halogens is 3. The van der Waals surface area contributed by atoms with Crippen molar-refractivity contribution in [2.75, 3.05) is 26.3 Å². The lowest BCUT2D eigenvalue weighted by atomic mass is 10.1. The zero-order chi connectivity index (χ0) is 21.9. The van der Waals surface area contributed by atoms with Crippen molar-refractivity contribution in [3.63, 3.8) is 0 Å². The first-order valence-corrected chi connectivity index (χ1v) is 10.5. The van der Waals surface area contributed by atoms with E-state index in [9.17, 15) is 26.4 Å². The Balaban J connectivity index is 1.77. The Morgan fingerprint density at radius 3 is 2.50 bits per heavy atom. The number of rotatable bonds is 5. The van der Waals surface area contributed by atoms with Gasteiger partial charge in [-0.1, -0.05) is 18.2 Å². The number of alkyl halides is 3. The minimum atomic E-state index is -4.50. The molecule has 162 valence electrons. The van der Waals surface area contributed by atoms with Crippen LogP contribution in [0.2, 0.25) is 0 Å². The topological polar surface area (TPSA) is 72.9 Å². The SMILES string of the molecule is Cc1ccc(C(=O)OCc2cccc(C(F)(F)F)c2)cc1S(=O)(=O)N1CCOCC1. The van der Waals surface area contributed by atoms with Crippen LogP contribution in [0.3, 0.4) is 0 Å². The maximum absolute atomic E-state index is 12.9. The van der Waals surface area contributed by atoms with Crippen LogP contribution < -0.4 is 0 Å². The third kappa shape index (κ3) is 5.00. The Labute approximate surface area is 172 Å². The van der Waals surface area contributed by atoms with Gasteiger partial charge in [0.05, 0.1) is 29.2 Å². The number of esters is 1. The summed E-state index contributed by atoms with van der Waals surface area (Å²) >= 11 is 0. The molecule has 3 rings (SSSR count). The van der Waals surface area contributed by atoms with Crippen molar-refractivity contribution in [3.8, 4) is 0 Å². The number of ether oxygens (including phenoxy) is 2. The molecule has 1 fully saturated rings. The van der Waals surface area contributed by atoms with E-state index < -0.39 is 27.7 Å². The van der Waals surface area contributed by atoms with Gasteiger partial charge in [-0.25, -0.2) is 13.2 Å². The summed E-state index contributed by atoms with van der Waals surface area (Å²) in [6.45, 7) is 2.25. The van der Waals surface area contributed by atoms with Crippen LogP contribution in [0.5, 0.6) is 0 Å². The number of sulfonamides is 1. The molecule has 2 aromatic rings. The van der Waals surface area contributed by atoms with Gasteiger partial charge in [-0.2, -0.15) is 17.5 Å². The zero-order valence-electron chi connectivity index (χ0n) is 16.1. The number of carbonyl (C=O) groups excluding carboxylic acids is 1. The van der Waals surface area contributed by atoms with Crippen molar-refractivity contribution in [2.45, 2.75) is 24.6 Å². The minimum Gasteiger partial charge on any atom is -0.457 e. The van der Waals surface area contributed by atoms with Crippen molar-refractivity contribution in [3.05, 3.63) is 64.7 Å². The molecule has 1 aliphatic rings. The van der Waals surface area contributed by atoms with Crippen LogP contribution in [0.25, 0.3) is 0 Å². The summed E-state index contributed by atoms with van der Waals surface area (Å²) in [5.74, 6) is -0.828. The van der Waals surface area contributed by atoms with Crippen molar-refractivity contribution in [1.29, 1.82) is 0 Å². The lowest BCUT2D eigenvalue weighted by Crippen LogP contribution is -2.40. The fourth-order valence-electron chi connectivity index (χ4n) is 3.00. The van der Waals surface area contributed by atoms with E-state index >= 15 is 0 Å². The number of benzene rings is 2. The largest absolute Gasteiger partial charge is 0.457 e. The summed E-state index contributed by atoms with van der Waals surface area (Å²) in [6.07, 6.45) is -4.50. The highest BCUT2D eigenvalue weighted by molar-refractivity contribution is 7.89. The summed E-state index contributed by atoms with van der Waals surface area (Å²) in [4.78, 5) is 12.4. The molecule has 0 spiro atoms. The van der Waals surface area contributed by atoms with Crippen molar-refractivity contribution < 1.29 is 35.9 Å². The Kier molecular flexibility index (Phi) is 6.49. The molecule has 0 aliphatic carbocycles. The standard InChI is InChI=1S/C20H20F3NO5S/c1-14-5-6-16(12-18(14)30(26,27)24-7-9-28-10-8-24)19(25)29-13-15-3-2-4-17(11-15)20(21,22)23/h2-6,11-12H,7-10,13H2,1H3. The average Bonchev–Trinajstić information content (AvgIpc) is 2.72. The molecule has 0 bridgehead atoms. The Morgan fingerprint density at radius 2 is 1.83 bits per heavy atom. The summed E-state index contributed by atoms with van der Waals surface area (Å²) in [7, 11) is -3.82. The van der Waals surface area contributed by atoms with Crippen LogP contribution in [0, 0.1) is 6.92 Å². The molecule has 30 heavy (non-hydrogen) atoms. The molecule has 0 amide bonds. The molecule has 1 aliphatic heterocycles. The zero-order valence-corrected chi connectivity index (χ0v) is 16.9. The van der Waals surface area contributed by atoms with Crippen LogP contribution in [-0.4, -0.2) is 45.0 Å². The second kappa shape index (κ2) is 8.75. The van der Waals surface area contributed by atoms with Crippen LogP contribution >= 0.6 is 0 Å². The average molecular weight is 443 g/mol. The van der Waals surface area contributed by atoms with Gasteiger partial charge in [0.25, 0.3) is 0 Å². The predicted molar refractivity (Wildman–Crippen MR) is 101 cm³/mol. The highest BCUT2D eigenvalue weighted by atomic mass is 32.2. The number of hydrogen-bond donors (Lipinski definition) is 0. The van der Waals surface area contributed by atoms with Crippen molar-refractivity contribution in [1.82, 2.24) is 4.31 Å². The predicted octanol–water partition coefficient (Wildman–Crippen LogP) is 3.39. The molecule has 1 heterocycles. The molecule has 0 atom stereocenters. The smallest absolute Gasteiger partial charge is 0.416 e. The van der Waals surface area contributed by atoms with E-state index in [1.54, 1.807) is 6.92 Å². The highest BCUT2D eigenvalue weighted by Gasteiger charge is 2.31. The summed E-state index contributed by atoms with van der Waals surface area (Å²) in [5, 5.41) is 0. The van der Waals surface area contributed by atoms with Crippen LogP contribution in [-0.2, 0) is 32.3 Å². The van der Waals surface area contributed by atoms with E-state index in [1.807, 2.05) is 0 Å². The maximum atomic E-state index is 12.9. The molecular weight excluding hydrogens is 423 g/mol. The number of aryl methyl sites for hydroxylation is 1. The fraction of sp³-hybridized carbons (Fsp3) is 0.350. The van der Waals surface area contributed by atoms with Crippen LogP contribution in [0.4, 0.5) is 13.2 Å². The molecule has 0 aromatic heterocycles. The Morgan fingerprint density at radius 1 is 1.13 bits per heavy atom. The van der Waals surface area contributed by atoms with Crippen LogP contribution in [0.1, 0.15) is 27.0 Å². The highest BCUT2D eigenvalue weighted by Crippen LogP contribution is 2.30. The second-order valence-electron chi connectivity index (χ2n) is 6.77. The van der Waals surface area contributed by atoms with E-state index in [4.69, 9.17) is 9.47 Å². The van der Waals surface area contributed by atoms with E-state index in [2.05, 4.69) is 0 Å². The third-order valence-electron chi connectivity index (χ3n) is 4.64. The molecule has 10 heteroatoms. The number of carbonyl (C=O) groups is 1. The summed E-state index contributed by atoms with van der Waals surface area (Å²) < 4.78 is 75.8. The van der Waals surface area contributed by atoms with E-state index in [0.29, 0.717) is 5.56 Å². The van der Waals surface area contributed by atoms with Gasteiger partial charge in [0.2, 0.25) is 10.0 Å².